The van der Waals surface area contributed by atoms with E-state index in [1.165, 1.54) is 11.6 Å². The maximum Gasteiger partial charge on any atom is 0.253 e. The summed E-state index contributed by atoms with van der Waals surface area (Å²) in [6, 6.07) is 59.4. The van der Waals surface area contributed by atoms with E-state index in [9.17, 15) is 9.13 Å². The summed E-state index contributed by atoms with van der Waals surface area (Å²) >= 11 is 0. The first-order chi connectivity index (χ1) is 27.2. The molecule has 0 aliphatic rings. The third-order valence-corrected chi connectivity index (χ3v) is 16.8. The molecule has 7 aromatic rings. The van der Waals surface area contributed by atoms with Crippen LogP contribution in [0.4, 0.5) is 0 Å². The molecule has 5 nitrogen and oxygen atoms in total. The van der Waals surface area contributed by atoms with Gasteiger partial charge in [0.05, 0.1) is 13.2 Å². The van der Waals surface area contributed by atoms with Crippen molar-refractivity contribution in [2.24, 2.45) is 0 Å². The number of benzene rings is 7. The van der Waals surface area contributed by atoms with Crippen molar-refractivity contribution in [3.05, 3.63) is 224 Å². The fourth-order valence-electron chi connectivity index (χ4n) is 6.49. The molecule has 0 spiro atoms. The van der Waals surface area contributed by atoms with Gasteiger partial charge in [0.25, 0.3) is 14.7 Å². The van der Waals surface area contributed by atoms with Crippen molar-refractivity contribution in [3.8, 4) is 22.3 Å². The summed E-state index contributed by atoms with van der Waals surface area (Å²) in [5, 5.41) is 3.30. The van der Waals surface area contributed by atoms with Crippen molar-refractivity contribution in [2.45, 2.75) is 13.2 Å². The van der Waals surface area contributed by atoms with Gasteiger partial charge in [-0.05, 0) is 69.3 Å². The Hall–Kier alpha value is -5.37. The molecule has 0 saturated carbocycles. The van der Waals surface area contributed by atoms with Gasteiger partial charge in [0, 0.05) is 26.5 Å². The average Bonchev–Trinajstić information content (AvgIpc) is 3.28. The van der Waals surface area contributed by atoms with E-state index in [2.05, 4.69) is 13.2 Å². The fourth-order valence-corrected chi connectivity index (χ4v) is 11.9. The molecule has 0 aliphatic carbocycles. The van der Waals surface area contributed by atoms with E-state index < -0.39 is 21.9 Å². The van der Waals surface area contributed by atoms with E-state index in [1.54, 1.807) is 0 Å². The van der Waals surface area contributed by atoms with E-state index >= 15 is 4.57 Å². The van der Waals surface area contributed by atoms with Gasteiger partial charge in [-0.25, -0.2) is 0 Å². The molecule has 8 heteroatoms. The van der Waals surface area contributed by atoms with E-state index in [0.29, 0.717) is 21.2 Å². The van der Waals surface area contributed by atoms with Crippen LogP contribution in [-0.2, 0) is 36.0 Å². The Kier molecular flexibility index (Phi) is 11.9. The van der Waals surface area contributed by atoms with Gasteiger partial charge < -0.3 is 13.6 Å². The maximum absolute atomic E-state index is 15.3. The number of hydrogen-bond acceptors (Lipinski definition) is 5. The van der Waals surface area contributed by atoms with E-state index in [0.717, 1.165) is 38.7 Å². The van der Waals surface area contributed by atoms with Crippen molar-refractivity contribution in [1.29, 1.82) is 0 Å². The van der Waals surface area contributed by atoms with Crippen LogP contribution in [0.5, 0.6) is 0 Å². The lowest BCUT2D eigenvalue weighted by molar-refractivity contribution is 0.315. The molecule has 0 aliphatic heterocycles. The highest BCUT2D eigenvalue weighted by Gasteiger charge is 2.30. The zero-order valence-corrected chi connectivity index (χ0v) is 33.4. The average molecular weight is 791 g/mol. The predicted octanol–water partition coefficient (Wildman–Crippen LogP) is 11.2. The van der Waals surface area contributed by atoms with Crippen LogP contribution < -0.4 is 26.5 Å². The first-order valence-corrected chi connectivity index (χ1v) is 23.3. The Morgan fingerprint density at radius 1 is 0.357 bits per heavy atom. The molecule has 2 unspecified atom stereocenters. The number of rotatable bonds is 15. The van der Waals surface area contributed by atoms with E-state index in [-0.39, 0.29) is 13.2 Å². The molecule has 7 aromatic carbocycles. The van der Waals surface area contributed by atoms with Gasteiger partial charge in [-0.15, -0.1) is 0 Å². The summed E-state index contributed by atoms with van der Waals surface area (Å²) in [6.45, 7) is 8.04. The molecule has 0 saturated heterocycles. The highest BCUT2D eigenvalue weighted by Crippen LogP contribution is 2.49. The molecule has 278 valence electrons. The summed E-state index contributed by atoms with van der Waals surface area (Å²) in [5.74, 6) is 2.80. The minimum atomic E-state index is -3.27. The van der Waals surface area contributed by atoms with Crippen molar-refractivity contribution in [3.63, 3.8) is 0 Å². The lowest BCUT2D eigenvalue weighted by Crippen LogP contribution is -2.25. The summed E-state index contributed by atoms with van der Waals surface area (Å²) < 4.78 is 54.4. The molecule has 0 heterocycles. The summed E-state index contributed by atoms with van der Waals surface area (Å²) in [7, 11) is -9.80. The van der Waals surface area contributed by atoms with Crippen LogP contribution in [0.1, 0.15) is 11.1 Å². The zero-order chi connectivity index (χ0) is 39.0. The van der Waals surface area contributed by atoms with Gasteiger partial charge in [0.2, 0.25) is 0 Å². The minimum Gasteiger partial charge on any atom is -0.318 e. The molecular formula is C48H41O5P3. The third-order valence-electron chi connectivity index (χ3n) is 9.72. The molecule has 0 amide bonds. The second-order valence-corrected chi connectivity index (χ2v) is 20.6. The van der Waals surface area contributed by atoms with Crippen molar-refractivity contribution in [2.75, 3.05) is 0 Å². The highest BCUT2D eigenvalue weighted by atomic mass is 31.2. The largest absolute Gasteiger partial charge is 0.318 e. The van der Waals surface area contributed by atoms with Crippen LogP contribution in [-0.4, -0.2) is 0 Å². The third kappa shape index (κ3) is 8.40. The van der Waals surface area contributed by atoms with Crippen LogP contribution in [0.2, 0.25) is 0 Å². The molecule has 0 bridgehead atoms. The minimum absolute atomic E-state index is 0.219. The summed E-state index contributed by atoms with van der Waals surface area (Å²) in [5.41, 5.74) is 5.59. The van der Waals surface area contributed by atoms with E-state index in [4.69, 9.17) is 9.05 Å². The van der Waals surface area contributed by atoms with Gasteiger partial charge in [-0.1, -0.05) is 177 Å². The smallest absolute Gasteiger partial charge is 0.253 e. The van der Waals surface area contributed by atoms with Gasteiger partial charge in [0.1, 0.15) is 0 Å². The van der Waals surface area contributed by atoms with Crippen LogP contribution in [0.15, 0.2) is 213 Å². The zero-order valence-electron chi connectivity index (χ0n) is 30.8. The maximum atomic E-state index is 15.3. The van der Waals surface area contributed by atoms with Crippen LogP contribution in [0.25, 0.3) is 22.3 Å². The highest BCUT2D eigenvalue weighted by molar-refractivity contribution is 7.85. The molecule has 0 N–H and O–H groups in total. The van der Waals surface area contributed by atoms with Gasteiger partial charge in [0.15, 0.2) is 7.14 Å². The molecule has 0 radical (unpaired) electrons. The fraction of sp³-hybridized carbons (Fsp3) is 0.0417. The van der Waals surface area contributed by atoms with Crippen molar-refractivity contribution in [1.82, 2.24) is 0 Å². The topological polar surface area (TPSA) is 69.7 Å². The molecule has 0 aromatic heterocycles. The summed E-state index contributed by atoms with van der Waals surface area (Å²) in [6.07, 6.45) is 0. The molecule has 56 heavy (non-hydrogen) atoms. The lowest BCUT2D eigenvalue weighted by Gasteiger charge is -2.21. The molecular weight excluding hydrogens is 749 g/mol. The van der Waals surface area contributed by atoms with Gasteiger partial charge in [-0.2, -0.15) is 0 Å². The monoisotopic (exact) mass is 790 g/mol. The van der Waals surface area contributed by atoms with Crippen molar-refractivity contribution >= 4 is 48.4 Å². The predicted molar refractivity (Wildman–Crippen MR) is 234 cm³/mol. The second-order valence-electron chi connectivity index (χ2n) is 13.2. The molecule has 7 rings (SSSR count). The van der Waals surface area contributed by atoms with Crippen LogP contribution in [0, 0.1) is 0 Å². The quantitative estimate of drug-likeness (QED) is 0.0968. The van der Waals surface area contributed by atoms with Crippen LogP contribution >= 0.6 is 21.9 Å². The standard InChI is InChI=1S/C48H41O5P3/c1-3-54(49,52-36-38-14-8-5-9-15-38)44-28-20-40(21-29-44)42-24-32-47(33-25-42)56(51,46-18-12-7-13-19-46)48-34-26-43(27-35-48)41-22-30-45(31-23-41)55(50,4-2)53-37-39-16-10-6-11-17-39/h3-35H,1-2,36-37H2. The SMILES string of the molecule is C=CP(=O)(OCc1ccccc1)c1ccc(-c2ccc(P(=O)(c3ccccc3)c3ccc(-c4ccc(P(=O)(C=C)OCc5ccccc5)cc4)cc3)cc2)cc1. The lowest BCUT2D eigenvalue weighted by atomic mass is 10.1. The Morgan fingerprint density at radius 3 is 0.929 bits per heavy atom. The number of hydrogen-bond donors (Lipinski definition) is 0. The van der Waals surface area contributed by atoms with Crippen LogP contribution in [0.3, 0.4) is 0 Å². The Bertz CT molecular complexity index is 2390. The van der Waals surface area contributed by atoms with E-state index in [1.807, 2.05) is 188 Å². The normalized spacial score (nSPS) is 14.4. The van der Waals surface area contributed by atoms with Gasteiger partial charge in [-0.3, -0.25) is 9.13 Å². The first-order valence-electron chi connectivity index (χ1n) is 18.2. The van der Waals surface area contributed by atoms with Gasteiger partial charge >= 0.3 is 0 Å². The summed E-state index contributed by atoms with van der Waals surface area (Å²) in [4.78, 5) is 0. The first kappa shape index (κ1) is 38.9. The Labute approximate surface area is 329 Å². The molecule has 0 fully saturated rings. The molecule has 2 atom stereocenters. The Balaban J connectivity index is 1.11. The Morgan fingerprint density at radius 2 is 0.625 bits per heavy atom. The van der Waals surface area contributed by atoms with Crippen molar-refractivity contribution < 1.29 is 22.7 Å². The second kappa shape index (κ2) is 17.2.